The third-order valence-corrected chi connectivity index (χ3v) is 7.50. The second-order valence-corrected chi connectivity index (χ2v) is 10.4. The van der Waals surface area contributed by atoms with Gasteiger partial charge in [-0.05, 0) is 65.9 Å². The summed E-state index contributed by atoms with van der Waals surface area (Å²) in [6.07, 6.45) is 7.43. The number of sulfonamides is 1. The molecule has 4 aromatic rings. The summed E-state index contributed by atoms with van der Waals surface area (Å²) in [6.45, 7) is 1.06. The molecule has 9 nitrogen and oxygen atoms in total. The molecule has 10 heteroatoms. The van der Waals surface area contributed by atoms with Gasteiger partial charge in [0.1, 0.15) is 11.9 Å². The van der Waals surface area contributed by atoms with Gasteiger partial charge in [0, 0.05) is 43.4 Å². The van der Waals surface area contributed by atoms with E-state index in [2.05, 4.69) is 31.1 Å². The van der Waals surface area contributed by atoms with E-state index >= 15 is 0 Å². The number of nitrogens with one attached hydrogen (secondary N) is 2. The van der Waals surface area contributed by atoms with E-state index in [1.54, 1.807) is 42.7 Å². The molecule has 0 bridgehead atoms. The number of anilines is 1. The van der Waals surface area contributed by atoms with E-state index in [0.717, 1.165) is 40.8 Å². The van der Waals surface area contributed by atoms with Crippen molar-refractivity contribution in [1.82, 2.24) is 20.3 Å². The fraction of sp³-hybridized carbons (Fsp3) is 0.222. The number of pyridine rings is 1. The van der Waals surface area contributed by atoms with Crippen molar-refractivity contribution in [1.29, 1.82) is 0 Å². The number of rotatable bonds is 9. The quantitative estimate of drug-likeness (QED) is 0.309. The molecular formula is C27H27N5O4S. The van der Waals surface area contributed by atoms with Gasteiger partial charge < -0.3 is 15.2 Å². The molecule has 0 unspecified atom stereocenters. The number of hydrogen-bond donors (Lipinski definition) is 3. The topological polar surface area (TPSA) is 126 Å². The predicted octanol–water partition coefficient (Wildman–Crippen LogP) is 3.36. The first-order chi connectivity index (χ1) is 18.0. The Balaban J connectivity index is 1.19. The van der Waals surface area contributed by atoms with Crippen molar-refractivity contribution in [2.75, 3.05) is 17.8 Å². The van der Waals surface area contributed by atoms with Crippen LogP contribution in [0.5, 0.6) is 5.75 Å². The SMILES string of the molecule is O=S(=O)(Nc1ncccn1)c1ccc(-c2ccc3c(c2)CC[C@H](CNC[C@@H](O)c2cccnc2)O3)cc1. The van der Waals surface area contributed by atoms with Crippen LogP contribution >= 0.6 is 0 Å². The minimum absolute atomic E-state index is 0.0185. The highest BCUT2D eigenvalue weighted by atomic mass is 32.2. The summed E-state index contributed by atoms with van der Waals surface area (Å²) in [7, 11) is -3.78. The number of hydrogen-bond acceptors (Lipinski definition) is 8. The zero-order chi connectivity index (χ0) is 25.7. The van der Waals surface area contributed by atoms with Gasteiger partial charge in [-0.2, -0.15) is 0 Å². The highest BCUT2D eigenvalue weighted by molar-refractivity contribution is 7.92. The van der Waals surface area contributed by atoms with E-state index in [-0.39, 0.29) is 16.9 Å². The summed E-state index contributed by atoms with van der Waals surface area (Å²) in [6, 6.07) is 18.0. The molecule has 3 heterocycles. The first-order valence-electron chi connectivity index (χ1n) is 12.0. The van der Waals surface area contributed by atoms with Crippen LogP contribution in [0.4, 0.5) is 5.95 Å². The fourth-order valence-electron chi connectivity index (χ4n) is 4.20. The Bertz CT molecular complexity index is 1440. The lowest BCUT2D eigenvalue weighted by Gasteiger charge is -2.27. The monoisotopic (exact) mass is 517 g/mol. The van der Waals surface area contributed by atoms with Crippen LogP contribution in [0.1, 0.15) is 23.7 Å². The standard InChI is InChI=1S/C27H27N5O4S/c33-25(22-3-1-12-28-16-22)18-29-17-23-8-4-21-15-20(7-11-26(21)36-23)19-5-9-24(10-6-19)37(34,35)32-27-30-13-2-14-31-27/h1-3,5-7,9-16,23,25,29,33H,4,8,17-18H2,(H,30,31,32)/t23-,25-/m1/s1. The van der Waals surface area contributed by atoms with Crippen molar-refractivity contribution in [2.45, 2.75) is 29.9 Å². The number of fused-ring (bicyclic) bond motifs is 1. The van der Waals surface area contributed by atoms with Crippen LogP contribution in [-0.2, 0) is 16.4 Å². The molecule has 5 rings (SSSR count). The van der Waals surface area contributed by atoms with Gasteiger partial charge >= 0.3 is 0 Å². The lowest BCUT2D eigenvalue weighted by molar-refractivity contribution is 0.146. The van der Waals surface area contributed by atoms with E-state index in [9.17, 15) is 13.5 Å². The molecule has 0 aliphatic carbocycles. The Kier molecular flexibility index (Phi) is 7.40. The molecule has 37 heavy (non-hydrogen) atoms. The molecule has 3 N–H and O–H groups in total. The number of aryl methyl sites for hydroxylation is 1. The third-order valence-electron chi connectivity index (χ3n) is 6.16. The van der Waals surface area contributed by atoms with Crippen LogP contribution < -0.4 is 14.8 Å². The van der Waals surface area contributed by atoms with Crippen LogP contribution in [0.2, 0.25) is 0 Å². The lowest BCUT2D eigenvalue weighted by Crippen LogP contribution is -2.36. The number of benzene rings is 2. The van der Waals surface area contributed by atoms with Gasteiger partial charge in [-0.1, -0.05) is 24.3 Å². The van der Waals surface area contributed by atoms with Crippen molar-refractivity contribution >= 4 is 16.0 Å². The summed E-state index contributed by atoms with van der Waals surface area (Å²) in [5.41, 5.74) is 3.79. The molecule has 0 spiro atoms. The first-order valence-corrected chi connectivity index (χ1v) is 13.4. The number of nitrogens with zero attached hydrogens (tertiary/aromatic N) is 3. The Morgan fingerprint density at radius 3 is 2.54 bits per heavy atom. The van der Waals surface area contributed by atoms with Crippen molar-refractivity contribution in [3.63, 3.8) is 0 Å². The van der Waals surface area contributed by atoms with Gasteiger partial charge in [0.2, 0.25) is 5.95 Å². The summed E-state index contributed by atoms with van der Waals surface area (Å²) in [5.74, 6) is 0.875. The van der Waals surface area contributed by atoms with Crippen LogP contribution in [0, 0.1) is 0 Å². The normalized spacial score (nSPS) is 15.9. The minimum atomic E-state index is -3.78. The van der Waals surface area contributed by atoms with Gasteiger partial charge in [-0.25, -0.2) is 23.1 Å². The van der Waals surface area contributed by atoms with Crippen molar-refractivity contribution in [2.24, 2.45) is 0 Å². The summed E-state index contributed by atoms with van der Waals surface area (Å²) >= 11 is 0. The van der Waals surface area contributed by atoms with Gasteiger partial charge in [-0.3, -0.25) is 4.98 Å². The predicted molar refractivity (Wildman–Crippen MR) is 140 cm³/mol. The molecule has 2 atom stereocenters. The molecule has 2 aromatic carbocycles. The first kappa shape index (κ1) is 24.8. The van der Waals surface area contributed by atoms with Crippen LogP contribution in [0.25, 0.3) is 11.1 Å². The van der Waals surface area contributed by atoms with Crippen molar-refractivity contribution in [3.05, 3.63) is 96.6 Å². The third kappa shape index (κ3) is 6.11. The Hall–Kier alpha value is -3.86. The van der Waals surface area contributed by atoms with Crippen molar-refractivity contribution in [3.8, 4) is 16.9 Å². The summed E-state index contributed by atoms with van der Waals surface area (Å²) in [4.78, 5) is 12.0. The number of aliphatic hydroxyl groups excluding tert-OH is 1. The second kappa shape index (κ2) is 11.0. The van der Waals surface area contributed by atoms with E-state index < -0.39 is 16.1 Å². The molecule has 1 aliphatic rings. The maximum absolute atomic E-state index is 12.6. The zero-order valence-electron chi connectivity index (χ0n) is 20.0. The minimum Gasteiger partial charge on any atom is -0.489 e. The summed E-state index contributed by atoms with van der Waals surface area (Å²) < 4.78 is 33.8. The molecule has 0 amide bonds. The molecule has 0 fully saturated rings. The highest BCUT2D eigenvalue weighted by Gasteiger charge is 2.21. The molecule has 0 saturated heterocycles. The highest BCUT2D eigenvalue weighted by Crippen LogP contribution is 2.32. The van der Waals surface area contributed by atoms with Crippen LogP contribution in [-0.4, -0.2) is 47.7 Å². The fourth-order valence-corrected chi connectivity index (χ4v) is 5.16. The Labute approximate surface area is 215 Å². The Morgan fingerprint density at radius 1 is 1.00 bits per heavy atom. The molecule has 0 radical (unpaired) electrons. The maximum Gasteiger partial charge on any atom is 0.264 e. The average molecular weight is 518 g/mol. The smallest absolute Gasteiger partial charge is 0.264 e. The number of ether oxygens (including phenoxy) is 1. The molecule has 190 valence electrons. The lowest BCUT2D eigenvalue weighted by atomic mass is 9.97. The van der Waals surface area contributed by atoms with E-state index in [0.29, 0.717) is 13.1 Å². The van der Waals surface area contributed by atoms with Gasteiger partial charge in [-0.15, -0.1) is 0 Å². The number of aliphatic hydroxyl groups is 1. The Morgan fingerprint density at radius 2 is 1.78 bits per heavy atom. The van der Waals surface area contributed by atoms with Crippen LogP contribution in [0.15, 0.2) is 90.3 Å². The average Bonchev–Trinajstić information content (AvgIpc) is 2.93. The molecule has 2 aromatic heterocycles. The summed E-state index contributed by atoms with van der Waals surface area (Å²) in [5, 5.41) is 13.6. The largest absolute Gasteiger partial charge is 0.489 e. The van der Waals surface area contributed by atoms with E-state index in [4.69, 9.17) is 4.74 Å². The van der Waals surface area contributed by atoms with E-state index in [1.165, 1.54) is 12.4 Å². The zero-order valence-corrected chi connectivity index (χ0v) is 20.8. The second-order valence-electron chi connectivity index (χ2n) is 8.76. The molecule has 0 saturated carbocycles. The van der Waals surface area contributed by atoms with E-state index in [1.807, 2.05) is 24.3 Å². The van der Waals surface area contributed by atoms with Gasteiger partial charge in [0.25, 0.3) is 10.0 Å². The van der Waals surface area contributed by atoms with Gasteiger partial charge in [0.05, 0.1) is 11.0 Å². The van der Waals surface area contributed by atoms with Crippen LogP contribution in [0.3, 0.4) is 0 Å². The number of aromatic nitrogens is 3. The maximum atomic E-state index is 12.6. The molecule has 1 aliphatic heterocycles. The van der Waals surface area contributed by atoms with Gasteiger partial charge in [0.15, 0.2) is 0 Å². The van der Waals surface area contributed by atoms with Crippen molar-refractivity contribution < 1.29 is 18.3 Å². The molecular weight excluding hydrogens is 490 g/mol.